The molecule has 0 aromatic heterocycles. The predicted molar refractivity (Wildman–Crippen MR) is 99.7 cm³/mol. The number of carbonyl (C=O) groups is 1. The van der Waals surface area contributed by atoms with Crippen molar-refractivity contribution in [2.45, 2.75) is 0 Å². The molecule has 2 aromatic carbocycles. The standard InChI is InChI=1S/C19H15FN2O2S/c1-24-17-12-5-2-7-13(17)8-6-10-15-18(23)22(19(25)21-15)16-11-4-3-9-14(16)20/h2-12H,1H3,(H,21,25)/b8-6+,15-10-. The Morgan fingerprint density at radius 3 is 2.64 bits per heavy atom. The van der Waals surface area contributed by atoms with Crippen molar-refractivity contribution in [3.05, 3.63) is 77.8 Å². The predicted octanol–water partition coefficient (Wildman–Crippen LogP) is 3.65. The summed E-state index contributed by atoms with van der Waals surface area (Å²) in [7, 11) is 1.60. The van der Waals surface area contributed by atoms with Gasteiger partial charge in [0.25, 0.3) is 5.91 Å². The van der Waals surface area contributed by atoms with E-state index in [1.807, 2.05) is 30.3 Å². The summed E-state index contributed by atoms with van der Waals surface area (Å²) in [4.78, 5) is 13.7. The summed E-state index contributed by atoms with van der Waals surface area (Å²) in [6.07, 6.45) is 5.13. The maximum Gasteiger partial charge on any atom is 0.281 e. The number of allylic oxidation sites excluding steroid dienone is 2. The fraction of sp³-hybridized carbons (Fsp3) is 0.0526. The summed E-state index contributed by atoms with van der Waals surface area (Å²) < 4.78 is 19.2. The average molecular weight is 354 g/mol. The molecule has 6 heteroatoms. The van der Waals surface area contributed by atoms with Gasteiger partial charge in [0, 0.05) is 5.56 Å². The summed E-state index contributed by atoms with van der Waals surface area (Å²) in [6.45, 7) is 0. The Balaban J connectivity index is 1.84. The lowest BCUT2D eigenvalue weighted by Gasteiger charge is -2.14. The summed E-state index contributed by atoms with van der Waals surface area (Å²) >= 11 is 5.16. The van der Waals surface area contributed by atoms with Crippen molar-refractivity contribution in [2.24, 2.45) is 0 Å². The van der Waals surface area contributed by atoms with Gasteiger partial charge in [0.1, 0.15) is 17.3 Å². The molecule has 0 atom stereocenters. The highest BCUT2D eigenvalue weighted by molar-refractivity contribution is 7.80. The first-order chi connectivity index (χ1) is 12.1. The van der Waals surface area contributed by atoms with E-state index in [0.29, 0.717) is 0 Å². The monoisotopic (exact) mass is 354 g/mol. The second kappa shape index (κ2) is 7.27. The van der Waals surface area contributed by atoms with Crippen molar-refractivity contribution in [2.75, 3.05) is 12.0 Å². The van der Waals surface area contributed by atoms with Gasteiger partial charge in [-0.25, -0.2) is 9.29 Å². The second-order valence-electron chi connectivity index (χ2n) is 5.20. The zero-order chi connectivity index (χ0) is 17.8. The number of para-hydroxylation sites is 2. The van der Waals surface area contributed by atoms with Crippen LogP contribution in [0.3, 0.4) is 0 Å². The Morgan fingerprint density at radius 1 is 1.16 bits per heavy atom. The largest absolute Gasteiger partial charge is 0.496 e. The third kappa shape index (κ3) is 3.44. The number of methoxy groups -OCH3 is 1. The van der Waals surface area contributed by atoms with E-state index >= 15 is 0 Å². The van der Waals surface area contributed by atoms with E-state index in [1.165, 1.54) is 12.1 Å². The SMILES string of the molecule is COc1ccccc1/C=C/C=C1\NC(=S)N(c2ccccc2F)C1=O. The van der Waals surface area contributed by atoms with Gasteiger partial charge in [0.05, 0.1) is 12.8 Å². The lowest BCUT2D eigenvalue weighted by atomic mass is 10.2. The molecule has 1 aliphatic rings. The molecule has 0 bridgehead atoms. The molecule has 0 spiro atoms. The highest BCUT2D eigenvalue weighted by atomic mass is 32.1. The van der Waals surface area contributed by atoms with Crippen LogP contribution in [0.2, 0.25) is 0 Å². The van der Waals surface area contributed by atoms with E-state index in [2.05, 4.69) is 5.32 Å². The number of hydrogen-bond donors (Lipinski definition) is 1. The maximum atomic E-state index is 13.9. The summed E-state index contributed by atoms with van der Waals surface area (Å²) in [6, 6.07) is 13.5. The van der Waals surface area contributed by atoms with Gasteiger partial charge in [-0.3, -0.25) is 4.79 Å². The molecule has 0 saturated carbocycles. The Bertz CT molecular complexity index is 892. The highest BCUT2D eigenvalue weighted by Gasteiger charge is 2.33. The van der Waals surface area contributed by atoms with Crippen molar-refractivity contribution in [1.82, 2.24) is 5.32 Å². The highest BCUT2D eigenvalue weighted by Crippen LogP contribution is 2.24. The van der Waals surface area contributed by atoms with Crippen molar-refractivity contribution >= 4 is 35.0 Å². The number of halogens is 1. The van der Waals surface area contributed by atoms with Crippen molar-refractivity contribution in [3.63, 3.8) is 0 Å². The topological polar surface area (TPSA) is 41.6 Å². The fourth-order valence-corrected chi connectivity index (χ4v) is 2.75. The number of anilines is 1. The van der Waals surface area contributed by atoms with Crippen LogP contribution in [0.15, 0.2) is 66.4 Å². The molecular weight excluding hydrogens is 339 g/mol. The van der Waals surface area contributed by atoms with Crippen LogP contribution in [0, 0.1) is 5.82 Å². The quantitative estimate of drug-likeness (QED) is 0.672. The Hall–Kier alpha value is -2.99. The number of carbonyl (C=O) groups excluding carboxylic acids is 1. The van der Waals surface area contributed by atoms with Crippen LogP contribution < -0.4 is 15.0 Å². The summed E-state index contributed by atoms with van der Waals surface area (Å²) in [5, 5.41) is 2.96. The molecule has 0 aliphatic carbocycles. The van der Waals surface area contributed by atoms with Gasteiger partial charge in [0.15, 0.2) is 5.11 Å². The molecule has 0 unspecified atom stereocenters. The fourth-order valence-electron chi connectivity index (χ4n) is 2.45. The molecule has 3 rings (SSSR count). The number of hydrogen-bond acceptors (Lipinski definition) is 3. The first-order valence-corrected chi connectivity index (χ1v) is 7.94. The van der Waals surface area contributed by atoms with E-state index in [4.69, 9.17) is 17.0 Å². The van der Waals surface area contributed by atoms with E-state index in [0.717, 1.165) is 16.2 Å². The lowest BCUT2D eigenvalue weighted by Crippen LogP contribution is -2.31. The minimum Gasteiger partial charge on any atom is -0.496 e. The number of amides is 1. The smallest absolute Gasteiger partial charge is 0.281 e. The van der Waals surface area contributed by atoms with E-state index in [1.54, 1.807) is 31.4 Å². The summed E-state index contributed by atoms with van der Waals surface area (Å²) in [5.41, 5.74) is 1.28. The molecule has 1 fully saturated rings. The molecule has 2 aromatic rings. The van der Waals surface area contributed by atoms with E-state index in [9.17, 15) is 9.18 Å². The van der Waals surface area contributed by atoms with Crippen LogP contribution in [-0.2, 0) is 4.79 Å². The molecular formula is C19H15FN2O2S. The number of nitrogens with one attached hydrogen (secondary N) is 1. The first kappa shape index (κ1) is 16.9. The minimum atomic E-state index is -0.509. The average Bonchev–Trinajstić information content (AvgIpc) is 2.90. The van der Waals surface area contributed by atoms with Gasteiger partial charge in [-0.1, -0.05) is 42.5 Å². The molecule has 4 nitrogen and oxygen atoms in total. The van der Waals surface area contributed by atoms with Crippen LogP contribution in [0.25, 0.3) is 6.08 Å². The van der Waals surface area contributed by atoms with E-state index < -0.39 is 11.7 Å². The zero-order valence-electron chi connectivity index (χ0n) is 13.4. The molecule has 1 N–H and O–H groups in total. The van der Waals surface area contributed by atoms with Crippen LogP contribution >= 0.6 is 12.2 Å². The van der Waals surface area contributed by atoms with Crippen molar-refractivity contribution in [3.8, 4) is 5.75 Å². The minimum absolute atomic E-state index is 0.127. The van der Waals surface area contributed by atoms with Crippen molar-refractivity contribution < 1.29 is 13.9 Å². The second-order valence-corrected chi connectivity index (χ2v) is 5.59. The number of rotatable bonds is 4. The molecule has 1 saturated heterocycles. The number of benzene rings is 2. The van der Waals surface area contributed by atoms with E-state index in [-0.39, 0.29) is 16.5 Å². The molecule has 0 radical (unpaired) electrons. The van der Waals surface area contributed by atoms with Crippen LogP contribution in [0.1, 0.15) is 5.56 Å². The third-order valence-corrected chi connectivity index (χ3v) is 3.93. The maximum absolute atomic E-state index is 13.9. The Kier molecular flexibility index (Phi) is 4.90. The zero-order valence-corrected chi connectivity index (χ0v) is 14.2. The summed E-state index contributed by atoms with van der Waals surface area (Å²) in [5.74, 6) is -0.183. The van der Waals surface area contributed by atoms with Gasteiger partial charge in [-0.05, 0) is 36.5 Å². The van der Waals surface area contributed by atoms with Crippen molar-refractivity contribution in [1.29, 1.82) is 0 Å². The van der Waals surface area contributed by atoms with Gasteiger partial charge < -0.3 is 10.1 Å². The molecule has 25 heavy (non-hydrogen) atoms. The van der Waals surface area contributed by atoms with Gasteiger partial charge in [-0.2, -0.15) is 0 Å². The molecule has 126 valence electrons. The third-order valence-electron chi connectivity index (χ3n) is 3.65. The molecule has 1 aliphatic heterocycles. The Morgan fingerprint density at radius 2 is 1.88 bits per heavy atom. The normalized spacial score (nSPS) is 15.9. The van der Waals surface area contributed by atoms with Gasteiger partial charge >= 0.3 is 0 Å². The number of nitrogens with zero attached hydrogens (tertiary/aromatic N) is 1. The Labute approximate surface area is 150 Å². The van der Waals surface area contributed by atoms with Gasteiger partial charge in [-0.15, -0.1) is 0 Å². The van der Waals surface area contributed by atoms with Crippen LogP contribution in [0.4, 0.5) is 10.1 Å². The molecule has 1 amide bonds. The molecule has 1 heterocycles. The first-order valence-electron chi connectivity index (χ1n) is 7.53. The lowest BCUT2D eigenvalue weighted by molar-refractivity contribution is -0.113. The van der Waals surface area contributed by atoms with Crippen LogP contribution in [-0.4, -0.2) is 18.1 Å². The number of thiocarbonyl (C=S) groups is 1. The van der Waals surface area contributed by atoms with Crippen LogP contribution in [0.5, 0.6) is 5.75 Å². The van der Waals surface area contributed by atoms with Gasteiger partial charge in [0.2, 0.25) is 0 Å². The number of ether oxygens (including phenoxy) is 1.